The number of carbonyl (C=O) groups excluding carboxylic acids is 1. The van der Waals surface area contributed by atoms with E-state index in [2.05, 4.69) is 15.1 Å². The number of aromatic amines is 1. The predicted molar refractivity (Wildman–Crippen MR) is 108 cm³/mol. The molecule has 0 aliphatic carbocycles. The second-order valence-electron chi connectivity index (χ2n) is 6.53. The van der Waals surface area contributed by atoms with Gasteiger partial charge < -0.3 is 9.72 Å². The third-order valence-corrected chi connectivity index (χ3v) is 4.66. The van der Waals surface area contributed by atoms with E-state index in [1.54, 1.807) is 62.4 Å². The average Bonchev–Trinajstić information content (AvgIpc) is 2.74. The van der Waals surface area contributed by atoms with Crippen molar-refractivity contribution in [3.63, 3.8) is 0 Å². The Morgan fingerprint density at radius 1 is 1.07 bits per heavy atom. The molecule has 146 valence electrons. The fourth-order valence-corrected chi connectivity index (χ4v) is 3.17. The van der Waals surface area contributed by atoms with Gasteiger partial charge in [0.05, 0.1) is 16.3 Å². The Bertz CT molecular complexity index is 1360. The molecule has 2 heterocycles. The Labute approximate surface area is 164 Å². The van der Waals surface area contributed by atoms with Crippen molar-refractivity contribution in [1.29, 1.82) is 0 Å². The lowest BCUT2D eigenvalue weighted by molar-refractivity contribution is 0.0312. The van der Waals surface area contributed by atoms with Gasteiger partial charge in [-0.15, -0.1) is 0 Å². The Balaban J connectivity index is 1.72. The monoisotopic (exact) mass is 390 g/mol. The molecule has 1 atom stereocenters. The summed E-state index contributed by atoms with van der Waals surface area (Å²) in [6, 6.07) is 13.7. The van der Waals surface area contributed by atoms with E-state index in [9.17, 15) is 14.4 Å². The molecule has 2 aromatic heterocycles. The largest absolute Gasteiger partial charge is 0.450 e. The fourth-order valence-electron chi connectivity index (χ4n) is 3.17. The molecule has 0 saturated heterocycles. The Kier molecular flexibility index (Phi) is 4.67. The molecule has 29 heavy (non-hydrogen) atoms. The van der Waals surface area contributed by atoms with Gasteiger partial charge in [-0.3, -0.25) is 9.59 Å². The maximum absolute atomic E-state index is 12.9. The summed E-state index contributed by atoms with van der Waals surface area (Å²) in [5.74, 6) is -0.470. The SMILES string of the molecule is CCn1nc(C(=O)O[C@@H](C)c2nc3ccccc3c(=O)[nH]2)c2ccccc2c1=O. The molecule has 0 aliphatic rings. The Morgan fingerprint density at radius 2 is 1.72 bits per heavy atom. The van der Waals surface area contributed by atoms with Gasteiger partial charge in [0.15, 0.2) is 17.6 Å². The van der Waals surface area contributed by atoms with Gasteiger partial charge >= 0.3 is 5.97 Å². The van der Waals surface area contributed by atoms with Gasteiger partial charge in [-0.1, -0.05) is 30.3 Å². The second-order valence-corrected chi connectivity index (χ2v) is 6.53. The third-order valence-electron chi connectivity index (χ3n) is 4.66. The summed E-state index contributed by atoms with van der Waals surface area (Å²) in [5.41, 5.74) is -0.0286. The number of benzene rings is 2. The van der Waals surface area contributed by atoms with Crippen LogP contribution in [0.1, 0.15) is 36.3 Å². The van der Waals surface area contributed by atoms with Crippen molar-refractivity contribution in [2.24, 2.45) is 0 Å². The molecule has 4 aromatic rings. The fraction of sp³-hybridized carbons (Fsp3) is 0.190. The summed E-state index contributed by atoms with van der Waals surface area (Å²) in [6.07, 6.45) is -0.817. The Hall–Kier alpha value is -3.81. The van der Waals surface area contributed by atoms with Crippen LogP contribution in [-0.2, 0) is 11.3 Å². The van der Waals surface area contributed by atoms with Gasteiger partial charge in [-0.05, 0) is 32.0 Å². The number of hydrogen-bond donors (Lipinski definition) is 1. The predicted octanol–water partition coefficient (Wildman–Crippen LogP) is 2.57. The highest BCUT2D eigenvalue weighted by atomic mass is 16.5. The van der Waals surface area contributed by atoms with E-state index >= 15 is 0 Å². The zero-order valence-electron chi connectivity index (χ0n) is 15.9. The number of fused-ring (bicyclic) bond motifs is 2. The summed E-state index contributed by atoms with van der Waals surface area (Å²) in [5, 5.41) is 5.43. The molecule has 0 saturated carbocycles. The summed E-state index contributed by atoms with van der Waals surface area (Å²) in [4.78, 5) is 44.6. The van der Waals surface area contributed by atoms with E-state index in [0.29, 0.717) is 28.2 Å². The summed E-state index contributed by atoms with van der Waals surface area (Å²) >= 11 is 0. The molecule has 0 aliphatic heterocycles. The first kappa shape index (κ1) is 18.5. The highest BCUT2D eigenvalue weighted by Crippen LogP contribution is 2.19. The third kappa shape index (κ3) is 3.29. The van der Waals surface area contributed by atoms with Gasteiger partial charge in [0, 0.05) is 11.9 Å². The number of carbonyl (C=O) groups is 1. The lowest BCUT2D eigenvalue weighted by Gasteiger charge is -2.14. The standard InChI is InChI=1S/C21H18N4O4/c1-3-25-20(27)14-9-5-4-8-13(14)17(24-25)21(28)29-12(2)18-22-16-11-7-6-10-15(16)19(26)23-18/h4-12H,3H2,1-2H3,(H,22,23,26)/t12-/m0/s1. The van der Waals surface area contributed by atoms with E-state index in [1.165, 1.54) is 4.68 Å². The van der Waals surface area contributed by atoms with Crippen LogP contribution in [0.25, 0.3) is 21.7 Å². The number of hydrogen-bond acceptors (Lipinski definition) is 6. The highest BCUT2D eigenvalue weighted by Gasteiger charge is 2.22. The first-order chi connectivity index (χ1) is 14.0. The number of ether oxygens (including phenoxy) is 1. The van der Waals surface area contributed by atoms with Crippen LogP contribution in [0.5, 0.6) is 0 Å². The molecule has 0 amide bonds. The van der Waals surface area contributed by atoms with Crippen molar-refractivity contribution < 1.29 is 9.53 Å². The molecule has 0 fully saturated rings. The molecule has 1 N–H and O–H groups in total. The van der Waals surface area contributed by atoms with Crippen LogP contribution in [0.15, 0.2) is 58.1 Å². The van der Waals surface area contributed by atoms with E-state index in [1.807, 2.05) is 0 Å². The van der Waals surface area contributed by atoms with Crippen LogP contribution >= 0.6 is 0 Å². The van der Waals surface area contributed by atoms with Crippen molar-refractivity contribution in [1.82, 2.24) is 19.7 Å². The van der Waals surface area contributed by atoms with Crippen LogP contribution in [0.3, 0.4) is 0 Å². The normalized spacial score (nSPS) is 12.2. The van der Waals surface area contributed by atoms with Crippen molar-refractivity contribution in [2.75, 3.05) is 0 Å². The van der Waals surface area contributed by atoms with Crippen LogP contribution < -0.4 is 11.1 Å². The number of para-hydroxylation sites is 1. The molecule has 2 aromatic carbocycles. The molecule has 0 bridgehead atoms. The number of H-pyrrole nitrogens is 1. The molecule has 8 nitrogen and oxygen atoms in total. The van der Waals surface area contributed by atoms with E-state index in [4.69, 9.17) is 4.74 Å². The maximum atomic E-state index is 12.9. The van der Waals surface area contributed by atoms with Crippen LogP contribution in [0, 0.1) is 0 Å². The summed E-state index contributed by atoms with van der Waals surface area (Å²) in [7, 11) is 0. The first-order valence-electron chi connectivity index (χ1n) is 9.19. The van der Waals surface area contributed by atoms with E-state index in [-0.39, 0.29) is 22.6 Å². The second kappa shape index (κ2) is 7.31. The minimum absolute atomic E-state index is 0.0389. The topological polar surface area (TPSA) is 107 Å². The smallest absolute Gasteiger partial charge is 0.360 e. The zero-order chi connectivity index (χ0) is 20.5. The molecule has 8 heteroatoms. The summed E-state index contributed by atoms with van der Waals surface area (Å²) < 4.78 is 6.75. The van der Waals surface area contributed by atoms with Crippen molar-refractivity contribution in [3.8, 4) is 0 Å². The quantitative estimate of drug-likeness (QED) is 0.537. The van der Waals surface area contributed by atoms with Gasteiger partial charge in [-0.25, -0.2) is 14.5 Å². The number of rotatable bonds is 4. The number of aromatic nitrogens is 4. The number of esters is 1. The van der Waals surface area contributed by atoms with Gasteiger partial charge in [0.25, 0.3) is 11.1 Å². The molecule has 0 unspecified atom stereocenters. The van der Waals surface area contributed by atoms with Gasteiger partial charge in [0.1, 0.15) is 0 Å². The van der Waals surface area contributed by atoms with E-state index in [0.717, 1.165) is 0 Å². The zero-order valence-corrected chi connectivity index (χ0v) is 15.9. The highest BCUT2D eigenvalue weighted by molar-refractivity contribution is 6.02. The van der Waals surface area contributed by atoms with Crippen molar-refractivity contribution in [3.05, 3.63) is 80.8 Å². The van der Waals surface area contributed by atoms with Crippen LogP contribution in [-0.4, -0.2) is 25.7 Å². The Morgan fingerprint density at radius 3 is 2.45 bits per heavy atom. The lowest BCUT2D eigenvalue weighted by atomic mass is 10.1. The minimum Gasteiger partial charge on any atom is -0.450 e. The molecular formula is C21H18N4O4. The average molecular weight is 390 g/mol. The minimum atomic E-state index is -0.817. The van der Waals surface area contributed by atoms with Crippen molar-refractivity contribution in [2.45, 2.75) is 26.5 Å². The van der Waals surface area contributed by atoms with E-state index < -0.39 is 12.1 Å². The number of nitrogens with zero attached hydrogens (tertiary/aromatic N) is 3. The molecule has 0 radical (unpaired) electrons. The lowest BCUT2D eigenvalue weighted by Crippen LogP contribution is -2.26. The van der Waals surface area contributed by atoms with Gasteiger partial charge in [-0.2, -0.15) is 5.10 Å². The molecule has 0 spiro atoms. The van der Waals surface area contributed by atoms with Crippen LogP contribution in [0.4, 0.5) is 0 Å². The maximum Gasteiger partial charge on any atom is 0.360 e. The summed E-state index contributed by atoms with van der Waals surface area (Å²) in [6.45, 7) is 3.70. The number of nitrogens with one attached hydrogen (secondary N) is 1. The first-order valence-corrected chi connectivity index (χ1v) is 9.19. The number of aryl methyl sites for hydroxylation is 1. The van der Waals surface area contributed by atoms with Gasteiger partial charge in [0.2, 0.25) is 0 Å². The van der Waals surface area contributed by atoms with Crippen LogP contribution in [0.2, 0.25) is 0 Å². The molecular weight excluding hydrogens is 372 g/mol. The molecule has 4 rings (SSSR count). The van der Waals surface area contributed by atoms with Crippen molar-refractivity contribution >= 4 is 27.6 Å².